The Morgan fingerprint density at radius 3 is 2.52 bits per heavy atom. The van der Waals surface area contributed by atoms with Gasteiger partial charge in [-0.1, -0.05) is 0 Å². The second-order valence-corrected chi connectivity index (χ2v) is 4.80. The summed E-state index contributed by atoms with van der Waals surface area (Å²) in [7, 11) is 1.63. The number of imidazole rings is 1. The molecule has 0 saturated carbocycles. The van der Waals surface area contributed by atoms with Crippen LogP contribution in [-0.4, -0.2) is 27.0 Å². The van der Waals surface area contributed by atoms with Crippen molar-refractivity contribution in [3.63, 3.8) is 0 Å². The zero-order chi connectivity index (χ0) is 14.8. The first-order valence-corrected chi connectivity index (χ1v) is 6.67. The lowest BCUT2D eigenvalue weighted by molar-refractivity contribution is 0.413. The Bertz CT molecular complexity index is 746. The van der Waals surface area contributed by atoms with E-state index in [0.29, 0.717) is 5.75 Å². The molecular weight excluding hydrogens is 264 g/mol. The van der Waals surface area contributed by atoms with E-state index in [-0.39, 0.29) is 0 Å². The molecule has 5 heteroatoms. The van der Waals surface area contributed by atoms with Crippen LogP contribution in [0.2, 0.25) is 0 Å². The first kappa shape index (κ1) is 13.3. The van der Waals surface area contributed by atoms with Gasteiger partial charge in [-0.15, -0.1) is 0 Å². The number of ether oxygens (including phenoxy) is 1. The summed E-state index contributed by atoms with van der Waals surface area (Å²) in [6.45, 7) is 3.98. The number of pyridine rings is 2. The molecule has 0 radical (unpaired) electrons. The summed E-state index contributed by atoms with van der Waals surface area (Å²) in [5.41, 5.74) is 4.81. The molecule has 0 aliphatic heterocycles. The second kappa shape index (κ2) is 5.36. The molecule has 0 spiro atoms. The van der Waals surface area contributed by atoms with Crippen molar-refractivity contribution in [1.29, 1.82) is 0 Å². The van der Waals surface area contributed by atoms with E-state index in [0.717, 1.165) is 34.0 Å². The highest BCUT2D eigenvalue weighted by Gasteiger charge is 2.14. The minimum atomic E-state index is 0.713. The number of aromatic amines is 1. The van der Waals surface area contributed by atoms with E-state index in [1.807, 2.05) is 32.0 Å². The fourth-order valence-corrected chi connectivity index (χ4v) is 2.16. The van der Waals surface area contributed by atoms with Crippen LogP contribution in [0.25, 0.3) is 22.6 Å². The Kier molecular flexibility index (Phi) is 3.39. The molecule has 5 nitrogen and oxygen atoms in total. The first-order valence-electron chi connectivity index (χ1n) is 6.67. The number of rotatable bonds is 3. The van der Waals surface area contributed by atoms with Gasteiger partial charge in [-0.2, -0.15) is 0 Å². The topological polar surface area (TPSA) is 63.7 Å². The Morgan fingerprint density at radius 1 is 1.14 bits per heavy atom. The second-order valence-electron chi connectivity index (χ2n) is 4.80. The molecule has 0 aliphatic carbocycles. The third-order valence-electron chi connectivity index (χ3n) is 3.44. The van der Waals surface area contributed by atoms with Crippen LogP contribution in [0.3, 0.4) is 0 Å². The molecule has 0 aromatic carbocycles. The van der Waals surface area contributed by atoms with Crippen LogP contribution < -0.4 is 4.74 Å². The van der Waals surface area contributed by atoms with Crippen molar-refractivity contribution in [3.05, 3.63) is 48.2 Å². The largest absolute Gasteiger partial charge is 0.495 e. The van der Waals surface area contributed by atoms with Gasteiger partial charge in [0, 0.05) is 23.7 Å². The third kappa shape index (κ3) is 2.50. The molecular formula is C16H16N4O. The lowest BCUT2D eigenvalue weighted by atomic mass is 10.0. The number of H-pyrrole nitrogens is 1. The van der Waals surface area contributed by atoms with E-state index in [4.69, 9.17) is 4.74 Å². The van der Waals surface area contributed by atoms with Crippen molar-refractivity contribution in [3.8, 4) is 28.4 Å². The molecule has 106 valence electrons. The molecule has 3 aromatic rings. The van der Waals surface area contributed by atoms with Crippen LogP contribution >= 0.6 is 0 Å². The summed E-state index contributed by atoms with van der Waals surface area (Å²) in [6, 6.07) is 5.86. The van der Waals surface area contributed by atoms with Crippen LogP contribution in [0.5, 0.6) is 5.75 Å². The Labute approximate surface area is 123 Å². The van der Waals surface area contributed by atoms with Gasteiger partial charge >= 0.3 is 0 Å². The van der Waals surface area contributed by atoms with Gasteiger partial charge < -0.3 is 9.72 Å². The summed E-state index contributed by atoms with van der Waals surface area (Å²) in [5.74, 6) is 1.48. The molecule has 0 saturated heterocycles. The minimum Gasteiger partial charge on any atom is -0.495 e. The fourth-order valence-electron chi connectivity index (χ4n) is 2.16. The summed E-state index contributed by atoms with van der Waals surface area (Å²) in [5, 5.41) is 0. The van der Waals surface area contributed by atoms with Gasteiger partial charge in [0.25, 0.3) is 0 Å². The maximum absolute atomic E-state index is 5.29. The average Bonchev–Trinajstić information content (AvgIpc) is 2.87. The zero-order valence-electron chi connectivity index (χ0n) is 12.2. The van der Waals surface area contributed by atoms with E-state index in [1.165, 1.54) is 0 Å². The Hall–Kier alpha value is -2.69. The van der Waals surface area contributed by atoms with Crippen LogP contribution in [-0.2, 0) is 0 Å². The van der Waals surface area contributed by atoms with Gasteiger partial charge in [-0.3, -0.25) is 4.98 Å². The zero-order valence-corrected chi connectivity index (χ0v) is 12.2. The van der Waals surface area contributed by atoms with Gasteiger partial charge in [0.15, 0.2) is 5.82 Å². The van der Waals surface area contributed by atoms with Crippen molar-refractivity contribution in [1.82, 2.24) is 19.9 Å². The maximum atomic E-state index is 5.29. The van der Waals surface area contributed by atoms with Gasteiger partial charge in [0.1, 0.15) is 11.4 Å². The summed E-state index contributed by atoms with van der Waals surface area (Å²) in [6.07, 6.45) is 5.22. The number of aromatic nitrogens is 4. The van der Waals surface area contributed by atoms with Crippen molar-refractivity contribution in [2.24, 2.45) is 0 Å². The molecule has 3 rings (SSSR count). The Balaban J connectivity index is 2.20. The number of hydrogen-bond donors (Lipinski definition) is 1. The standard InChI is InChI=1S/C16H16N4O/c1-10-11(2)20-16(19-10)15-14(8-13(21-3)9-18-15)12-4-6-17-7-5-12/h4-9H,1-3H3,(H,19,20). The molecule has 3 heterocycles. The summed E-state index contributed by atoms with van der Waals surface area (Å²) in [4.78, 5) is 16.4. The maximum Gasteiger partial charge on any atom is 0.157 e. The van der Waals surface area contributed by atoms with Crippen LogP contribution in [0, 0.1) is 13.8 Å². The monoisotopic (exact) mass is 280 g/mol. The molecule has 0 atom stereocenters. The number of methoxy groups -OCH3 is 1. The molecule has 0 bridgehead atoms. The molecule has 0 amide bonds. The van der Waals surface area contributed by atoms with Crippen LogP contribution in [0.1, 0.15) is 11.4 Å². The lowest BCUT2D eigenvalue weighted by Gasteiger charge is -2.09. The molecule has 1 N–H and O–H groups in total. The van der Waals surface area contributed by atoms with Gasteiger partial charge in [0.05, 0.1) is 19.0 Å². The molecule has 21 heavy (non-hydrogen) atoms. The quantitative estimate of drug-likeness (QED) is 0.800. The SMILES string of the molecule is COc1cnc(-c2nc(C)c(C)[nH]2)c(-c2ccncc2)c1. The number of nitrogens with zero attached hydrogens (tertiary/aromatic N) is 3. The van der Waals surface area contributed by atoms with Crippen molar-refractivity contribution in [2.45, 2.75) is 13.8 Å². The predicted molar refractivity (Wildman–Crippen MR) is 81.1 cm³/mol. The highest BCUT2D eigenvalue weighted by molar-refractivity contribution is 5.78. The smallest absolute Gasteiger partial charge is 0.157 e. The van der Waals surface area contributed by atoms with Crippen molar-refractivity contribution < 1.29 is 4.74 Å². The molecule has 3 aromatic heterocycles. The van der Waals surface area contributed by atoms with Crippen LogP contribution in [0.4, 0.5) is 0 Å². The van der Waals surface area contributed by atoms with E-state index >= 15 is 0 Å². The van der Waals surface area contributed by atoms with E-state index < -0.39 is 0 Å². The normalized spacial score (nSPS) is 10.6. The Morgan fingerprint density at radius 2 is 1.90 bits per heavy atom. The fraction of sp³-hybridized carbons (Fsp3) is 0.188. The molecule has 0 aliphatic rings. The van der Waals surface area contributed by atoms with Crippen molar-refractivity contribution in [2.75, 3.05) is 7.11 Å². The predicted octanol–water partition coefficient (Wildman–Crippen LogP) is 3.16. The minimum absolute atomic E-state index is 0.713. The summed E-state index contributed by atoms with van der Waals surface area (Å²) < 4.78 is 5.29. The highest BCUT2D eigenvalue weighted by Crippen LogP contribution is 2.31. The van der Waals surface area contributed by atoms with Crippen LogP contribution in [0.15, 0.2) is 36.8 Å². The number of nitrogens with one attached hydrogen (secondary N) is 1. The van der Waals surface area contributed by atoms with Gasteiger partial charge in [-0.25, -0.2) is 9.97 Å². The molecule has 0 fully saturated rings. The average molecular weight is 280 g/mol. The number of aryl methyl sites for hydroxylation is 2. The van der Waals surface area contributed by atoms with Crippen molar-refractivity contribution >= 4 is 0 Å². The van der Waals surface area contributed by atoms with E-state index in [1.54, 1.807) is 25.7 Å². The third-order valence-corrected chi connectivity index (χ3v) is 3.44. The molecule has 0 unspecified atom stereocenters. The summed E-state index contributed by atoms with van der Waals surface area (Å²) >= 11 is 0. The number of hydrogen-bond acceptors (Lipinski definition) is 4. The van der Waals surface area contributed by atoms with E-state index in [9.17, 15) is 0 Å². The lowest BCUT2D eigenvalue weighted by Crippen LogP contribution is -1.94. The van der Waals surface area contributed by atoms with Gasteiger partial charge in [0.2, 0.25) is 0 Å². The van der Waals surface area contributed by atoms with Gasteiger partial charge in [-0.05, 0) is 37.6 Å². The highest BCUT2D eigenvalue weighted by atomic mass is 16.5. The first-order chi connectivity index (χ1) is 10.2. The van der Waals surface area contributed by atoms with E-state index in [2.05, 4.69) is 19.9 Å².